The van der Waals surface area contributed by atoms with E-state index >= 15 is 0 Å². The van der Waals surface area contributed by atoms with Crippen LogP contribution in [0.15, 0.2) is 22.6 Å². The third-order valence-electron chi connectivity index (χ3n) is 6.08. The van der Waals surface area contributed by atoms with Crippen LogP contribution < -0.4 is 14.4 Å². The van der Waals surface area contributed by atoms with Crippen LogP contribution in [0.1, 0.15) is 38.5 Å². The standard InChI is InChI=1S/C19H23N3O3S/c26-19-22(11-21-9-3-5-13-4-1-2-6-15(13)21)20-18(25-19)14-7-8-16-17(10-14)24-12-23-16/h7-8,10,13,15H,1-6,9,11-12H2/p+1/t13-,15+/m1/s1. The van der Waals surface area contributed by atoms with Gasteiger partial charge in [0.15, 0.2) is 18.2 Å². The van der Waals surface area contributed by atoms with Crippen molar-refractivity contribution in [3.63, 3.8) is 0 Å². The van der Waals surface area contributed by atoms with Gasteiger partial charge in [0.25, 0.3) is 4.84 Å². The van der Waals surface area contributed by atoms with Gasteiger partial charge in [-0.2, -0.15) is 4.68 Å². The Morgan fingerprint density at radius 3 is 2.92 bits per heavy atom. The van der Waals surface area contributed by atoms with Crippen molar-refractivity contribution in [2.45, 2.75) is 51.2 Å². The number of nitrogens with one attached hydrogen (secondary N) is 1. The quantitative estimate of drug-likeness (QED) is 0.838. The van der Waals surface area contributed by atoms with Crippen LogP contribution in [0.3, 0.4) is 0 Å². The van der Waals surface area contributed by atoms with E-state index in [0.717, 1.165) is 35.7 Å². The second-order valence-electron chi connectivity index (χ2n) is 7.60. The molecule has 1 unspecified atom stereocenters. The molecule has 0 radical (unpaired) electrons. The molecule has 3 heterocycles. The van der Waals surface area contributed by atoms with Crippen LogP contribution in [-0.2, 0) is 6.67 Å². The van der Waals surface area contributed by atoms with Gasteiger partial charge in [0.05, 0.1) is 12.6 Å². The number of nitrogens with zero attached hydrogens (tertiary/aromatic N) is 2. The molecular formula is C19H24N3O3S+. The summed E-state index contributed by atoms with van der Waals surface area (Å²) in [6, 6.07) is 6.48. The van der Waals surface area contributed by atoms with E-state index in [1.54, 1.807) is 4.90 Å². The smallest absolute Gasteiger partial charge is 0.292 e. The Hall–Kier alpha value is -1.86. The minimum Gasteiger partial charge on any atom is -0.454 e. The fourth-order valence-corrected chi connectivity index (χ4v) is 4.99. The first kappa shape index (κ1) is 16.3. The first-order valence-electron chi connectivity index (χ1n) is 9.60. The van der Waals surface area contributed by atoms with Crippen LogP contribution in [0.5, 0.6) is 11.5 Å². The predicted octanol–water partition coefficient (Wildman–Crippen LogP) is 2.80. The number of hydrogen-bond acceptors (Lipinski definition) is 5. The number of quaternary nitrogens is 1. The molecule has 1 aromatic heterocycles. The van der Waals surface area contributed by atoms with E-state index in [4.69, 9.17) is 26.1 Å². The molecular weight excluding hydrogens is 350 g/mol. The largest absolute Gasteiger partial charge is 0.454 e. The number of ether oxygens (including phenoxy) is 2. The lowest BCUT2D eigenvalue weighted by molar-refractivity contribution is -0.958. The topological polar surface area (TPSA) is 53.9 Å². The number of piperidine rings is 1. The van der Waals surface area contributed by atoms with Crippen LogP contribution in [0, 0.1) is 10.8 Å². The predicted molar refractivity (Wildman–Crippen MR) is 97.7 cm³/mol. The molecule has 1 saturated carbocycles. The Morgan fingerprint density at radius 2 is 1.96 bits per heavy atom. The molecule has 2 fully saturated rings. The molecule has 0 amide bonds. The SMILES string of the molecule is S=c1oc(-c2ccc3c(c2)OCO3)nn1C[NH+]1CCC[C@H]2CCCC[C@@H]21. The first-order valence-corrected chi connectivity index (χ1v) is 10.0. The Balaban J connectivity index is 1.38. The Kier molecular flexibility index (Phi) is 4.21. The number of fused-ring (bicyclic) bond motifs is 2. The average molecular weight is 374 g/mol. The molecule has 1 N–H and O–H groups in total. The molecule has 2 aromatic rings. The van der Waals surface area contributed by atoms with Crippen molar-refractivity contribution < 1.29 is 18.8 Å². The van der Waals surface area contributed by atoms with Crippen molar-refractivity contribution >= 4 is 12.2 Å². The summed E-state index contributed by atoms with van der Waals surface area (Å²) < 4.78 is 18.5. The van der Waals surface area contributed by atoms with Crippen LogP contribution in [0.2, 0.25) is 0 Å². The summed E-state index contributed by atoms with van der Waals surface area (Å²) in [6.07, 6.45) is 8.17. The Labute approximate surface area is 157 Å². The molecule has 0 bridgehead atoms. The van der Waals surface area contributed by atoms with Gasteiger partial charge in [0.2, 0.25) is 12.7 Å². The summed E-state index contributed by atoms with van der Waals surface area (Å²) >= 11 is 5.45. The van der Waals surface area contributed by atoms with E-state index in [9.17, 15) is 0 Å². The normalized spacial score (nSPS) is 27.3. The second-order valence-corrected chi connectivity index (χ2v) is 7.95. The van der Waals surface area contributed by atoms with E-state index in [1.165, 1.54) is 45.1 Å². The lowest BCUT2D eigenvalue weighted by atomic mass is 9.78. The third kappa shape index (κ3) is 2.93. The number of likely N-dealkylation sites (tertiary alicyclic amines) is 1. The average Bonchev–Trinajstić information content (AvgIpc) is 3.28. The number of rotatable bonds is 3. The zero-order valence-corrected chi connectivity index (χ0v) is 15.6. The molecule has 0 spiro atoms. The van der Waals surface area contributed by atoms with Gasteiger partial charge in [-0.3, -0.25) is 0 Å². The van der Waals surface area contributed by atoms with Crippen LogP contribution in [0.25, 0.3) is 11.5 Å². The van der Waals surface area contributed by atoms with E-state index in [-0.39, 0.29) is 6.79 Å². The Morgan fingerprint density at radius 1 is 1.12 bits per heavy atom. The van der Waals surface area contributed by atoms with Crippen LogP contribution in [0.4, 0.5) is 0 Å². The molecule has 2 aliphatic heterocycles. The molecule has 3 atom stereocenters. The minimum absolute atomic E-state index is 0.261. The molecule has 5 rings (SSSR count). The fraction of sp³-hybridized carbons (Fsp3) is 0.579. The van der Waals surface area contributed by atoms with Gasteiger partial charge in [0.1, 0.15) is 0 Å². The lowest BCUT2D eigenvalue weighted by Crippen LogP contribution is -3.17. The molecule has 6 nitrogen and oxygen atoms in total. The lowest BCUT2D eigenvalue weighted by Gasteiger charge is -2.40. The summed E-state index contributed by atoms with van der Waals surface area (Å²) in [5.41, 5.74) is 0.864. The highest BCUT2D eigenvalue weighted by Crippen LogP contribution is 2.35. The van der Waals surface area contributed by atoms with Crippen molar-refractivity contribution in [1.29, 1.82) is 0 Å². The monoisotopic (exact) mass is 374 g/mol. The molecule has 1 aromatic carbocycles. The van der Waals surface area contributed by atoms with Gasteiger partial charge in [-0.1, -0.05) is 6.42 Å². The Bertz CT molecular complexity index is 860. The summed E-state index contributed by atoms with van der Waals surface area (Å²) in [7, 11) is 0. The summed E-state index contributed by atoms with van der Waals surface area (Å²) in [5, 5.41) is 4.67. The summed E-state index contributed by atoms with van der Waals surface area (Å²) in [5.74, 6) is 2.91. The number of hydrogen-bond donors (Lipinski definition) is 1. The van der Waals surface area contributed by atoms with Crippen LogP contribution >= 0.6 is 12.2 Å². The minimum atomic E-state index is 0.261. The maximum absolute atomic E-state index is 5.80. The molecule has 7 heteroatoms. The van der Waals surface area contributed by atoms with Gasteiger partial charge in [-0.15, -0.1) is 5.10 Å². The maximum atomic E-state index is 5.80. The van der Waals surface area contributed by atoms with Crippen molar-refractivity contribution in [1.82, 2.24) is 9.78 Å². The molecule has 138 valence electrons. The summed E-state index contributed by atoms with van der Waals surface area (Å²) in [4.78, 5) is 2.06. The highest BCUT2D eigenvalue weighted by Gasteiger charge is 2.36. The van der Waals surface area contributed by atoms with Gasteiger partial charge < -0.3 is 18.8 Å². The first-order chi connectivity index (χ1) is 12.8. The maximum Gasteiger partial charge on any atom is 0.292 e. The van der Waals surface area contributed by atoms with Crippen molar-refractivity contribution in [3.05, 3.63) is 23.0 Å². The van der Waals surface area contributed by atoms with E-state index in [2.05, 4.69) is 5.10 Å². The van der Waals surface area contributed by atoms with Gasteiger partial charge >= 0.3 is 0 Å². The number of benzene rings is 1. The fourth-order valence-electron chi connectivity index (χ4n) is 4.81. The zero-order chi connectivity index (χ0) is 17.5. The zero-order valence-electron chi connectivity index (χ0n) is 14.8. The third-order valence-corrected chi connectivity index (χ3v) is 6.38. The molecule has 1 saturated heterocycles. The van der Waals surface area contributed by atoms with Crippen molar-refractivity contribution in [2.75, 3.05) is 13.3 Å². The molecule has 3 aliphatic rings. The highest BCUT2D eigenvalue weighted by molar-refractivity contribution is 7.71. The van der Waals surface area contributed by atoms with E-state index in [1.807, 2.05) is 22.9 Å². The molecule has 26 heavy (non-hydrogen) atoms. The van der Waals surface area contributed by atoms with Gasteiger partial charge in [-0.25, -0.2) is 0 Å². The van der Waals surface area contributed by atoms with Gasteiger partial charge in [0, 0.05) is 11.5 Å². The highest BCUT2D eigenvalue weighted by atomic mass is 32.1. The second kappa shape index (κ2) is 6.70. The summed E-state index contributed by atoms with van der Waals surface area (Å²) in [6.45, 7) is 2.26. The van der Waals surface area contributed by atoms with Gasteiger partial charge in [-0.05, 0) is 62.5 Å². The van der Waals surface area contributed by atoms with Crippen LogP contribution in [-0.4, -0.2) is 29.2 Å². The number of aromatic nitrogens is 2. The van der Waals surface area contributed by atoms with Crippen molar-refractivity contribution in [3.8, 4) is 23.0 Å². The molecule has 1 aliphatic carbocycles. The van der Waals surface area contributed by atoms with E-state index < -0.39 is 0 Å². The van der Waals surface area contributed by atoms with Crippen molar-refractivity contribution in [2.24, 2.45) is 5.92 Å². The van der Waals surface area contributed by atoms with E-state index in [0.29, 0.717) is 10.7 Å².